The molecule has 0 atom stereocenters. The predicted molar refractivity (Wildman–Crippen MR) is 93.2 cm³/mol. The predicted octanol–water partition coefficient (Wildman–Crippen LogP) is 5.70. The number of hydrogen-bond acceptors (Lipinski definition) is 2. The first-order valence-electron chi connectivity index (χ1n) is 6.84. The van der Waals surface area contributed by atoms with Gasteiger partial charge in [-0.2, -0.15) is 0 Å². The Balaban J connectivity index is 2.21. The molecule has 0 aliphatic rings. The maximum absolute atomic E-state index is 6.28. The molecule has 0 heterocycles. The van der Waals surface area contributed by atoms with E-state index in [-0.39, 0.29) is 0 Å². The molecule has 2 rings (SSSR count). The van der Waals surface area contributed by atoms with Gasteiger partial charge in [0.15, 0.2) is 0 Å². The van der Waals surface area contributed by atoms with Crippen LogP contribution < -0.4 is 10.5 Å². The maximum atomic E-state index is 6.28. The third-order valence-corrected chi connectivity index (χ3v) is 4.08. The zero-order valence-electron chi connectivity index (χ0n) is 12.4. The van der Waals surface area contributed by atoms with Crippen molar-refractivity contribution in [3.05, 3.63) is 56.5 Å². The molecule has 0 unspecified atom stereocenters. The summed E-state index contributed by atoms with van der Waals surface area (Å²) in [5, 5.41) is 0.793. The van der Waals surface area contributed by atoms with Gasteiger partial charge < -0.3 is 10.5 Å². The molecule has 2 nitrogen and oxygen atoms in total. The number of ether oxygens (including phenoxy) is 1. The van der Waals surface area contributed by atoms with E-state index in [9.17, 15) is 0 Å². The van der Waals surface area contributed by atoms with Crippen molar-refractivity contribution in [2.45, 2.75) is 33.3 Å². The minimum atomic E-state index is 0.363. The lowest BCUT2D eigenvalue weighted by atomic mass is 10.0. The minimum absolute atomic E-state index is 0.363. The average Bonchev–Trinajstić information content (AvgIpc) is 2.36. The van der Waals surface area contributed by atoms with E-state index in [1.54, 1.807) is 0 Å². The average molecular weight is 369 g/mol. The van der Waals surface area contributed by atoms with Gasteiger partial charge in [-0.15, -0.1) is 0 Å². The van der Waals surface area contributed by atoms with Crippen molar-refractivity contribution in [3.63, 3.8) is 0 Å². The second-order valence-corrected chi connectivity index (χ2v) is 6.80. The molecule has 0 saturated heterocycles. The van der Waals surface area contributed by atoms with Gasteiger partial charge >= 0.3 is 0 Å². The molecule has 2 aromatic carbocycles. The van der Waals surface area contributed by atoms with E-state index in [1.165, 1.54) is 0 Å². The van der Waals surface area contributed by atoms with Crippen LogP contribution in [0.3, 0.4) is 0 Å². The molecular weight excluding hydrogens is 350 g/mol. The number of halogens is 2. The van der Waals surface area contributed by atoms with Crippen molar-refractivity contribution in [1.29, 1.82) is 0 Å². The molecule has 2 aromatic rings. The summed E-state index contributed by atoms with van der Waals surface area (Å²) in [4.78, 5) is 0. The highest BCUT2D eigenvalue weighted by atomic mass is 79.9. The van der Waals surface area contributed by atoms with Crippen LogP contribution in [0.4, 0.5) is 5.69 Å². The molecule has 2 N–H and O–H groups in total. The van der Waals surface area contributed by atoms with Gasteiger partial charge in [0, 0.05) is 15.2 Å². The van der Waals surface area contributed by atoms with E-state index in [2.05, 4.69) is 29.8 Å². The van der Waals surface area contributed by atoms with Crippen molar-refractivity contribution in [1.82, 2.24) is 0 Å². The van der Waals surface area contributed by atoms with Crippen LogP contribution in [0.25, 0.3) is 0 Å². The van der Waals surface area contributed by atoms with Gasteiger partial charge in [0.2, 0.25) is 0 Å². The Kier molecular flexibility index (Phi) is 5.17. The molecule has 0 aliphatic heterocycles. The van der Waals surface area contributed by atoms with Gasteiger partial charge in [0.1, 0.15) is 12.4 Å². The molecule has 0 aromatic heterocycles. The van der Waals surface area contributed by atoms with Crippen molar-refractivity contribution in [2.75, 3.05) is 5.73 Å². The third kappa shape index (κ3) is 4.14. The van der Waals surface area contributed by atoms with Gasteiger partial charge in [-0.25, -0.2) is 0 Å². The monoisotopic (exact) mass is 367 g/mol. The van der Waals surface area contributed by atoms with Crippen LogP contribution in [0.15, 0.2) is 34.8 Å². The van der Waals surface area contributed by atoms with Crippen molar-refractivity contribution >= 4 is 33.2 Å². The quantitative estimate of drug-likeness (QED) is 0.703. The topological polar surface area (TPSA) is 35.2 Å². The summed E-state index contributed by atoms with van der Waals surface area (Å²) in [5.41, 5.74) is 9.73. The molecule has 0 radical (unpaired) electrons. The fourth-order valence-electron chi connectivity index (χ4n) is 2.19. The highest BCUT2D eigenvalue weighted by Crippen LogP contribution is 2.32. The lowest BCUT2D eigenvalue weighted by Gasteiger charge is -2.15. The van der Waals surface area contributed by atoms with Gasteiger partial charge in [0.05, 0.1) is 0 Å². The molecule has 0 saturated carbocycles. The highest BCUT2D eigenvalue weighted by molar-refractivity contribution is 9.10. The van der Waals surface area contributed by atoms with E-state index in [0.717, 1.165) is 37.6 Å². The normalized spacial score (nSPS) is 11.0. The zero-order chi connectivity index (χ0) is 15.6. The van der Waals surface area contributed by atoms with Gasteiger partial charge in [-0.3, -0.25) is 0 Å². The number of rotatable bonds is 4. The molecule has 0 fully saturated rings. The first kappa shape index (κ1) is 16.2. The summed E-state index contributed by atoms with van der Waals surface area (Å²) >= 11 is 9.72. The Morgan fingerprint density at radius 2 is 1.90 bits per heavy atom. The van der Waals surface area contributed by atoms with Crippen LogP contribution in [0.5, 0.6) is 5.75 Å². The second kappa shape index (κ2) is 6.71. The summed E-state index contributed by atoms with van der Waals surface area (Å²) in [6.07, 6.45) is 0. The van der Waals surface area contributed by atoms with E-state index < -0.39 is 0 Å². The Labute approximate surface area is 139 Å². The van der Waals surface area contributed by atoms with Crippen LogP contribution in [0.2, 0.25) is 5.02 Å². The molecule has 4 heteroatoms. The number of nitrogen functional groups attached to an aromatic ring is 1. The van der Waals surface area contributed by atoms with Crippen LogP contribution in [0, 0.1) is 6.92 Å². The van der Waals surface area contributed by atoms with Gasteiger partial charge in [-0.05, 0) is 59.9 Å². The van der Waals surface area contributed by atoms with Crippen molar-refractivity contribution in [3.8, 4) is 5.75 Å². The van der Waals surface area contributed by atoms with E-state index >= 15 is 0 Å². The fourth-order valence-corrected chi connectivity index (χ4v) is 3.18. The lowest BCUT2D eigenvalue weighted by Crippen LogP contribution is -2.00. The smallest absolute Gasteiger partial charge is 0.123 e. The third-order valence-electron chi connectivity index (χ3n) is 3.29. The van der Waals surface area contributed by atoms with Crippen LogP contribution in [-0.2, 0) is 6.61 Å². The van der Waals surface area contributed by atoms with E-state index in [0.29, 0.717) is 12.5 Å². The largest absolute Gasteiger partial charge is 0.489 e. The lowest BCUT2D eigenvalue weighted by molar-refractivity contribution is 0.303. The van der Waals surface area contributed by atoms with Crippen molar-refractivity contribution in [2.24, 2.45) is 0 Å². The van der Waals surface area contributed by atoms with Crippen molar-refractivity contribution < 1.29 is 4.74 Å². The molecule has 0 spiro atoms. The first-order valence-corrected chi connectivity index (χ1v) is 8.01. The summed E-state index contributed by atoms with van der Waals surface area (Å²) in [6, 6.07) is 9.78. The van der Waals surface area contributed by atoms with Gasteiger partial charge in [-0.1, -0.05) is 41.4 Å². The fraction of sp³-hybridized carbons (Fsp3) is 0.294. The summed E-state index contributed by atoms with van der Waals surface area (Å²) < 4.78 is 6.90. The molecule has 112 valence electrons. The highest BCUT2D eigenvalue weighted by Gasteiger charge is 2.10. The maximum Gasteiger partial charge on any atom is 0.123 e. The number of benzene rings is 2. The SMILES string of the molecule is Cc1cc(Cl)c(C(C)C)cc1OCc1cc(N)cc(Br)c1. The van der Waals surface area contributed by atoms with Crippen LogP contribution in [0.1, 0.15) is 36.5 Å². The van der Waals surface area contributed by atoms with E-state index in [1.807, 2.05) is 37.3 Å². The molecule has 0 bridgehead atoms. The molecule has 0 amide bonds. The molecular formula is C17H19BrClNO. The minimum Gasteiger partial charge on any atom is -0.489 e. The zero-order valence-corrected chi connectivity index (χ0v) is 14.8. The number of nitrogens with two attached hydrogens (primary N) is 1. The Morgan fingerprint density at radius 3 is 2.52 bits per heavy atom. The summed E-state index contributed by atoms with van der Waals surface area (Å²) in [5.74, 6) is 1.23. The number of anilines is 1. The van der Waals surface area contributed by atoms with E-state index in [4.69, 9.17) is 22.1 Å². The molecule has 0 aliphatic carbocycles. The summed E-state index contributed by atoms with van der Waals surface area (Å²) in [6.45, 7) is 6.72. The van der Waals surface area contributed by atoms with Gasteiger partial charge in [0.25, 0.3) is 0 Å². The Hall–Kier alpha value is -1.19. The standard InChI is InChI=1S/C17H19BrClNO/c1-10(2)15-8-17(11(3)4-16(15)19)21-9-12-5-13(18)7-14(20)6-12/h4-8,10H,9,20H2,1-3H3. The summed E-state index contributed by atoms with van der Waals surface area (Å²) in [7, 11) is 0. The Bertz CT molecular complexity index is 635. The number of hydrogen-bond donors (Lipinski definition) is 1. The first-order chi connectivity index (χ1) is 9.86. The van der Waals surface area contributed by atoms with Crippen LogP contribution in [-0.4, -0.2) is 0 Å². The molecule has 21 heavy (non-hydrogen) atoms. The Morgan fingerprint density at radius 1 is 1.19 bits per heavy atom. The number of aryl methyl sites for hydroxylation is 1. The van der Waals surface area contributed by atoms with Crippen LogP contribution >= 0.6 is 27.5 Å². The second-order valence-electron chi connectivity index (χ2n) is 5.48.